The van der Waals surface area contributed by atoms with Gasteiger partial charge in [-0.2, -0.15) is 0 Å². The number of unbranched alkanes of at least 4 members (excludes halogenated alkanes) is 2. The first-order valence-electron chi connectivity index (χ1n) is 23.0. The SMILES string of the molecule is C[n+]1ccn(CCCCc2ccc3c(c2)c2ccccc2n3-c2ccc(S(=O)(=O)c3ccc(-n4c5ccccc5c5cc(CCCCn6cc[n+](C)c6)ccc54)cc3)cc2)c1.FP(F)(F)(F)F.FP(F)(F)(F)F.[F-].[F-]. The van der Waals surface area contributed by atoms with Crippen LogP contribution in [0.2, 0.25) is 0 Å². The van der Waals surface area contributed by atoms with Gasteiger partial charge in [-0.15, -0.1) is 0 Å². The number of hydrogen-bond donors (Lipinski definition) is 0. The van der Waals surface area contributed by atoms with Crippen molar-refractivity contribution in [1.29, 1.82) is 0 Å². The predicted octanol–water partition coefficient (Wildman–Crippen LogP) is 9.94. The normalized spacial score (nSPS) is 12.9. The van der Waals surface area contributed by atoms with Crippen molar-refractivity contribution in [2.45, 2.75) is 61.4 Å². The van der Waals surface area contributed by atoms with E-state index in [0.29, 0.717) is 0 Å². The zero-order chi connectivity index (χ0) is 52.4. The Morgan fingerprint density at radius 1 is 0.440 bits per heavy atom. The molecular weight excluding hydrogens is 1060 g/mol. The number of imidazole rings is 2. The maximum absolute atomic E-state index is 14.1. The van der Waals surface area contributed by atoms with Crippen LogP contribution in [-0.4, -0.2) is 26.7 Å². The van der Waals surface area contributed by atoms with Crippen molar-refractivity contribution in [3.63, 3.8) is 0 Å². The smallest absolute Gasteiger partial charge is 1.00 e. The van der Waals surface area contributed by atoms with Crippen LogP contribution >= 0.6 is 16.3 Å². The predicted molar refractivity (Wildman–Crippen MR) is 269 cm³/mol. The number of aryl methyl sites for hydroxylation is 6. The van der Waals surface area contributed by atoms with Crippen LogP contribution in [0, 0.1) is 0 Å². The quantitative estimate of drug-likeness (QED) is 0.0472. The number of aromatic nitrogens is 6. The molecule has 0 bridgehead atoms. The molecule has 8 nitrogen and oxygen atoms in total. The molecule has 4 heterocycles. The molecule has 0 atom stereocenters. The van der Waals surface area contributed by atoms with Gasteiger partial charge in [-0.1, -0.05) is 48.5 Å². The first-order chi connectivity index (χ1) is 34.3. The van der Waals surface area contributed by atoms with Gasteiger partial charge in [0, 0.05) is 32.9 Å². The van der Waals surface area contributed by atoms with Crippen LogP contribution in [0.3, 0.4) is 0 Å². The van der Waals surface area contributed by atoms with E-state index in [1.54, 1.807) is 24.3 Å². The van der Waals surface area contributed by atoms with Gasteiger partial charge >= 0.3 is 58.3 Å². The standard InChI is InChI=1S/C52H50N6O2S.2F5P.2FH/c1-53-31-33-55(37-53)29-9-7-11-39-17-27-51-47(35-39)45-13-3-5-15-49(45)57(51)41-19-23-43(24-20-41)61(59,60)44-25-21-42(22-26-44)58-50-16-6-4-14-46(50)48-36-40(18-28-52(48)58)12-8-10-30-56-34-32-54(2)38-56;2*1-6(2,3,4)5;;/h3-6,13-28,31-38H,7-12,29-30H2,1-2H3;;;2*1H/q+2;;;;/p-2. The molecule has 0 aliphatic heterocycles. The number of halogens is 12. The second-order valence-electron chi connectivity index (χ2n) is 17.7. The number of benzene rings is 6. The van der Waals surface area contributed by atoms with Gasteiger partial charge < -0.3 is 18.5 Å². The molecule has 0 amide bonds. The Hall–Kier alpha value is -6.69. The second kappa shape index (κ2) is 22.3. The largest absolute Gasteiger partial charge is 1.00 e. The van der Waals surface area contributed by atoms with Gasteiger partial charge in [-0.3, -0.25) is 0 Å². The maximum Gasteiger partial charge on any atom is -1.00 e. The van der Waals surface area contributed by atoms with Crippen LogP contribution in [0.4, 0.5) is 42.0 Å². The molecule has 0 aliphatic rings. The Morgan fingerprint density at radius 3 is 1.11 bits per heavy atom. The summed E-state index contributed by atoms with van der Waals surface area (Å²) in [4.78, 5) is 0.542. The fourth-order valence-electron chi connectivity index (χ4n) is 9.11. The summed E-state index contributed by atoms with van der Waals surface area (Å²) in [5, 5.41) is 4.79. The second-order valence-corrected chi connectivity index (χ2v) is 22.2. The average molecular weight is 1110 g/mol. The first-order valence-corrected chi connectivity index (χ1v) is 27.9. The Labute approximate surface area is 424 Å². The van der Waals surface area contributed by atoms with E-state index >= 15 is 0 Å². The van der Waals surface area contributed by atoms with Gasteiger partial charge in [-0.05, 0) is 135 Å². The summed E-state index contributed by atoms with van der Waals surface area (Å²) in [6, 6.07) is 45.2. The van der Waals surface area contributed by atoms with Gasteiger partial charge in [0.1, 0.15) is 24.8 Å². The Bertz CT molecular complexity index is 3430. The summed E-state index contributed by atoms with van der Waals surface area (Å²) in [5.74, 6) is 0. The van der Waals surface area contributed by atoms with Crippen molar-refractivity contribution < 1.29 is 68.9 Å². The molecule has 4 aromatic heterocycles. The molecule has 0 saturated carbocycles. The molecular formula is C52H50F12N6O2P2S. The summed E-state index contributed by atoms with van der Waals surface area (Å²) in [5.41, 5.74) is 8.91. The van der Waals surface area contributed by atoms with Crippen molar-refractivity contribution in [1.82, 2.24) is 18.3 Å². The summed E-state index contributed by atoms with van der Waals surface area (Å²) in [6.07, 6.45) is 19.1. The number of para-hydroxylation sites is 2. The van der Waals surface area contributed by atoms with Crippen molar-refractivity contribution >= 4 is 69.8 Å². The third-order valence-corrected chi connectivity index (χ3v) is 14.0. The third kappa shape index (κ3) is 15.2. The van der Waals surface area contributed by atoms with E-state index in [9.17, 15) is 50.4 Å². The van der Waals surface area contributed by atoms with Crippen molar-refractivity contribution in [2.75, 3.05) is 0 Å². The van der Waals surface area contributed by atoms with E-state index in [-0.39, 0.29) is 19.2 Å². The molecule has 0 radical (unpaired) electrons. The number of fused-ring (bicyclic) bond motifs is 6. The molecule has 0 N–H and O–H groups in total. The Balaban J connectivity index is 0.000000588. The summed E-state index contributed by atoms with van der Waals surface area (Å²) in [7, 11) is -16.8. The molecule has 0 aliphatic carbocycles. The van der Waals surface area contributed by atoms with E-state index < -0.39 is 26.2 Å². The van der Waals surface area contributed by atoms with Gasteiger partial charge in [0.05, 0.1) is 59.0 Å². The van der Waals surface area contributed by atoms with Crippen LogP contribution in [0.25, 0.3) is 55.0 Å². The number of rotatable bonds is 14. The number of sulfone groups is 1. The Morgan fingerprint density at radius 2 is 0.773 bits per heavy atom. The minimum Gasteiger partial charge on any atom is -1.00 e. The van der Waals surface area contributed by atoms with E-state index in [2.05, 4.69) is 164 Å². The molecule has 23 heteroatoms. The van der Waals surface area contributed by atoms with Gasteiger partial charge in [0.2, 0.25) is 22.5 Å². The van der Waals surface area contributed by atoms with Gasteiger partial charge in [-0.25, -0.2) is 26.7 Å². The van der Waals surface area contributed by atoms with Crippen LogP contribution in [0.5, 0.6) is 0 Å². The monoisotopic (exact) mass is 1110 g/mol. The van der Waals surface area contributed by atoms with E-state index in [0.717, 1.165) is 85.1 Å². The third-order valence-electron chi connectivity index (χ3n) is 12.2. The minimum atomic E-state index is -8.55. The number of nitrogens with zero attached hydrogens (tertiary/aromatic N) is 6. The van der Waals surface area contributed by atoms with E-state index in [1.165, 1.54) is 32.7 Å². The average Bonchev–Trinajstić information content (AvgIpc) is 4.10. The van der Waals surface area contributed by atoms with Crippen molar-refractivity contribution in [2.24, 2.45) is 14.1 Å². The molecule has 10 aromatic rings. The molecule has 0 saturated heterocycles. The molecule has 0 unspecified atom stereocenters. The van der Waals surface area contributed by atoms with Gasteiger partial charge in [0.15, 0.2) is 0 Å². The maximum atomic E-state index is 14.1. The van der Waals surface area contributed by atoms with Crippen molar-refractivity contribution in [3.05, 3.63) is 182 Å². The summed E-state index contributed by atoms with van der Waals surface area (Å²) in [6.45, 7) is 2.03. The molecule has 0 spiro atoms. The fraction of sp³-hybridized carbons (Fsp3) is 0.192. The minimum absolute atomic E-state index is 0. The topological polar surface area (TPSA) is 61.6 Å². The molecule has 0 fully saturated rings. The van der Waals surface area contributed by atoms with Gasteiger partial charge in [0.25, 0.3) is 0 Å². The van der Waals surface area contributed by atoms with E-state index in [4.69, 9.17) is 0 Å². The van der Waals surface area contributed by atoms with Crippen LogP contribution in [-0.2, 0) is 49.9 Å². The summed E-state index contributed by atoms with van der Waals surface area (Å²) < 4.78 is 140. The fourth-order valence-corrected chi connectivity index (χ4v) is 10.4. The Kier molecular flexibility index (Phi) is 17.1. The first kappa shape index (κ1) is 57.6. The van der Waals surface area contributed by atoms with E-state index in [1.807, 2.05) is 24.3 Å². The molecule has 75 heavy (non-hydrogen) atoms. The summed E-state index contributed by atoms with van der Waals surface area (Å²) >= 11 is 0. The molecule has 400 valence electrons. The molecule has 6 aromatic carbocycles. The zero-order valence-electron chi connectivity index (χ0n) is 40.2. The molecule has 10 rings (SSSR count). The zero-order valence-corrected chi connectivity index (χ0v) is 42.8. The number of hydrogen-bond acceptors (Lipinski definition) is 2. The van der Waals surface area contributed by atoms with Crippen LogP contribution in [0.1, 0.15) is 36.8 Å². The van der Waals surface area contributed by atoms with Crippen LogP contribution < -0.4 is 18.5 Å². The van der Waals surface area contributed by atoms with Crippen molar-refractivity contribution in [3.8, 4) is 11.4 Å². The van der Waals surface area contributed by atoms with Crippen LogP contribution in [0.15, 0.2) is 181 Å².